The Hall–Kier alpha value is -2.78. The summed E-state index contributed by atoms with van der Waals surface area (Å²) in [5, 5.41) is 24.9. The van der Waals surface area contributed by atoms with E-state index in [4.69, 9.17) is 4.74 Å². The van der Waals surface area contributed by atoms with Crippen molar-refractivity contribution < 1.29 is 14.9 Å². The number of benzene rings is 3. The second-order valence-electron chi connectivity index (χ2n) is 14.1. The van der Waals surface area contributed by atoms with Gasteiger partial charge >= 0.3 is 0 Å². The van der Waals surface area contributed by atoms with Gasteiger partial charge in [-0.1, -0.05) is 97.2 Å². The van der Waals surface area contributed by atoms with Crippen molar-refractivity contribution in [3.05, 3.63) is 86.5 Å². The van der Waals surface area contributed by atoms with Gasteiger partial charge in [0.2, 0.25) is 0 Å². The Bertz CT molecular complexity index is 1300. The highest BCUT2D eigenvalue weighted by Crippen LogP contribution is 2.57. The van der Waals surface area contributed by atoms with Crippen molar-refractivity contribution in [2.45, 2.75) is 105 Å². The quantitative estimate of drug-likeness (QED) is 0.352. The van der Waals surface area contributed by atoms with E-state index in [0.29, 0.717) is 28.2 Å². The Morgan fingerprint density at radius 3 is 1.22 bits per heavy atom. The Labute approximate surface area is 223 Å². The number of hydrogen-bond donors (Lipinski definition) is 2. The van der Waals surface area contributed by atoms with E-state index in [1.54, 1.807) is 0 Å². The van der Waals surface area contributed by atoms with Crippen molar-refractivity contribution in [3.8, 4) is 17.2 Å². The van der Waals surface area contributed by atoms with Crippen molar-refractivity contribution in [2.75, 3.05) is 0 Å². The van der Waals surface area contributed by atoms with Crippen LogP contribution < -0.4 is 4.74 Å². The molecule has 3 aromatic carbocycles. The van der Waals surface area contributed by atoms with Crippen molar-refractivity contribution in [1.82, 2.24) is 0 Å². The maximum Gasteiger partial charge on any atom is 0.151 e. The summed E-state index contributed by atoms with van der Waals surface area (Å²) in [6, 6.07) is 12.3. The fourth-order valence-corrected chi connectivity index (χ4v) is 5.58. The van der Waals surface area contributed by atoms with Gasteiger partial charge in [0.05, 0.1) is 0 Å². The Morgan fingerprint density at radius 1 is 0.541 bits per heavy atom. The molecule has 1 aliphatic heterocycles. The van der Waals surface area contributed by atoms with Gasteiger partial charge < -0.3 is 14.9 Å². The first kappa shape index (κ1) is 27.3. The van der Waals surface area contributed by atoms with Crippen LogP contribution in [-0.4, -0.2) is 10.2 Å². The lowest BCUT2D eigenvalue weighted by Crippen LogP contribution is -2.35. The summed E-state index contributed by atoms with van der Waals surface area (Å²) < 4.78 is 6.85. The average Bonchev–Trinajstić information content (AvgIpc) is 2.73. The maximum absolute atomic E-state index is 13.1. The lowest BCUT2D eigenvalue weighted by molar-refractivity contribution is 0.108. The summed E-state index contributed by atoms with van der Waals surface area (Å²) >= 11 is 0. The summed E-state index contributed by atoms with van der Waals surface area (Å²) in [4.78, 5) is 0. The van der Waals surface area contributed by atoms with Crippen LogP contribution in [0.4, 0.5) is 0 Å². The monoisotopic (exact) mass is 500 g/mol. The molecule has 0 aromatic heterocycles. The number of rotatable bonds is 1. The van der Waals surface area contributed by atoms with Crippen LogP contribution in [0.5, 0.6) is 17.2 Å². The number of phenolic OH excluding ortho intramolecular Hbond substituents is 1. The number of aryl methyl sites for hydroxylation is 3. The van der Waals surface area contributed by atoms with Gasteiger partial charge in [0.25, 0.3) is 0 Å². The second-order valence-corrected chi connectivity index (χ2v) is 14.1. The van der Waals surface area contributed by atoms with Crippen molar-refractivity contribution >= 4 is 0 Å². The number of ether oxygens (including phenoxy) is 1. The van der Waals surface area contributed by atoms with Crippen LogP contribution in [0.15, 0.2) is 36.4 Å². The summed E-state index contributed by atoms with van der Waals surface area (Å²) in [6.45, 7) is 25.4. The standard InChI is InChI=1S/C34H44O3/c1-19-13-22(31(4,5)6)28(35)23(14-19)34(36)26-17-20(2)15-24(32(7,8)9)29(26)37-30-25(33(10,11)12)16-21(3)18-27(30)34/h13-18,35-36H,1-12H3. The lowest BCUT2D eigenvalue weighted by Gasteiger charge is -2.42. The highest BCUT2D eigenvalue weighted by Gasteiger charge is 2.48. The summed E-state index contributed by atoms with van der Waals surface area (Å²) in [5.74, 6) is 1.50. The molecule has 0 aliphatic carbocycles. The van der Waals surface area contributed by atoms with Crippen LogP contribution in [-0.2, 0) is 21.8 Å². The highest BCUT2D eigenvalue weighted by molar-refractivity contribution is 5.69. The molecule has 3 heteroatoms. The Morgan fingerprint density at radius 2 is 0.865 bits per heavy atom. The van der Waals surface area contributed by atoms with E-state index in [1.165, 1.54) is 0 Å². The first-order valence-corrected chi connectivity index (χ1v) is 13.3. The van der Waals surface area contributed by atoms with Crippen LogP contribution in [0.1, 0.15) is 112 Å². The molecule has 0 spiro atoms. The molecular weight excluding hydrogens is 456 g/mol. The molecule has 0 atom stereocenters. The normalized spacial score (nSPS) is 15.2. The molecule has 0 bridgehead atoms. The summed E-state index contributed by atoms with van der Waals surface area (Å²) in [5.41, 5.74) is 5.49. The first-order valence-electron chi connectivity index (χ1n) is 13.3. The fourth-order valence-electron chi connectivity index (χ4n) is 5.58. The van der Waals surface area contributed by atoms with Crippen LogP contribution in [0.2, 0.25) is 0 Å². The molecule has 0 fully saturated rings. The minimum Gasteiger partial charge on any atom is -0.507 e. The zero-order valence-electron chi connectivity index (χ0n) is 24.8. The molecule has 2 N–H and O–H groups in total. The molecule has 1 aliphatic rings. The van der Waals surface area contributed by atoms with E-state index in [2.05, 4.69) is 88.3 Å². The van der Waals surface area contributed by atoms with E-state index in [1.807, 2.05) is 31.2 Å². The molecule has 3 aromatic rings. The molecule has 3 nitrogen and oxygen atoms in total. The molecular formula is C34H44O3. The van der Waals surface area contributed by atoms with Crippen molar-refractivity contribution in [1.29, 1.82) is 0 Å². The molecule has 1 heterocycles. The van der Waals surface area contributed by atoms with Gasteiger partial charge in [-0.15, -0.1) is 0 Å². The van der Waals surface area contributed by atoms with E-state index < -0.39 is 5.60 Å². The smallest absolute Gasteiger partial charge is 0.151 e. The minimum atomic E-state index is -1.60. The molecule has 0 saturated heterocycles. The largest absolute Gasteiger partial charge is 0.507 e. The predicted molar refractivity (Wildman–Crippen MR) is 153 cm³/mol. The highest BCUT2D eigenvalue weighted by atomic mass is 16.5. The zero-order valence-corrected chi connectivity index (χ0v) is 24.8. The van der Waals surface area contributed by atoms with Crippen LogP contribution in [0.3, 0.4) is 0 Å². The van der Waals surface area contributed by atoms with Gasteiger partial charge in [-0.25, -0.2) is 0 Å². The van der Waals surface area contributed by atoms with E-state index in [9.17, 15) is 10.2 Å². The van der Waals surface area contributed by atoms with Gasteiger partial charge in [-0.2, -0.15) is 0 Å². The van der Waals surface area contributed by atoms with Crippen LogP contribution >= 0.6 is 0 Å². The van der Waals surface area contributed by atoms with E-state index >= 15 is 0 Å². The first-order chi connectivity index (χ1) is 16.8. The molecule has 4 rings (SSSR count). The topological polar surface area (TPSA) is 49.7 Å². The zero-order chi connectivity index (χ0) is 27.9. The van der Waals surface area contributed by atoms with Gasteiger partial charge in [-0.05, 0) is 60.8 Å². The fraction of sp³-hybridized carbons (Fsp3) is 0.471. The molecule has 0 saturated carbocycles. The number of phenols is 1. The van der Waals surface area contributed by atoms with Gasteiger partial charge in [0, 0.05) is 27.8 Å². The number of hydrogen-bond acceptors (Lipinski definition) is 3. The Kier molecular flexibility index (Phi) is 6.16. The van der Waals surface area contributed by atoms with Gasteiger partial charge in [-0.3, -0.25) is 0 Å². The molecule has 0 radical (unpaired) electrons. The molecule has 0 unspecified atom stereocenters. The number of fused-ring (bicyclic) bond motifs is 2. The Balaban J connectivity index is 2.25. The second kappa shape index (κ2) is 8.36. The minimum absolute atomic E-state index is 0.136. The van der Waals surface area contributed by atoms with Crippen LogP contribution in [0, 0.1) is 20.8 Å². The summed E-state index contributed by atoms with van der Waals surface area (Å²) in [7, 11) is 0. The third-order valence-electron chi connectivity index (χ3n) is 7.52. The van der Waals surface area contributed by atoms with E-state index in [-0.39, 0.29) is 22.0 Å². The maximum atomic E-state index is 13.1. The predicted octanol–water partition coefficient (Wildman–Crippen LogP) is 8.60. The molecule has 37 heavy (non-hydrogen) atoms. The molecule has 198 valence electrons. The molecule has 0 amide bonds. The third kappa shape index (κ3) is 4.46. The number of aliphatic hydroxyl groups is 1. The van der Waals surface area contributed by atoms with Gasteiger partial charge in [0.15, 0.2) is 5.60 Å². The number of aromatic hydroxyl groups is 1. The van der Waals surface area contributed by atoms with E-state index in [0.717, 1.165) is 33.4 Å². The SMILES string of the molecule is Cc1cc(C(C)(C)C)c(O)c(C2(O)c3cc(C)cc(C(C)(C)C)c3Oc3c(C(C)(C)C)cc(C)cc32)c1. The average molecular weight is 501 g/mol. The van der Waals surface area contributed by atoms with Crippen LogP contribution in [0.25, 0.3) is 0 Å². The third-order valence-corrected chi connectivity index (χ3v) is 7.52. The lowest BCUT2D eigenvalue weighted by atomic mass is 9.70. The van der Waals surface area contributed by atoms with Crippen molar-refractivity contribution in [2.24, 2.45) is 0 Å². The van der Waals surface area contributed by atoms with Gasteiger partial charge in [0.1, 0.15) is 17.2 Å². The summed E-state index contributed by atoms with van der Waals surface area (Å²) in [6.07, 6.45) is 0. The van der Waals surface area contributed by atoms with Crippen molar-refractivity contribution in [3.63, 3.8) is 0 Å².